The van der Waals surface area contributed by atoms with Gasteiger partial charge in [0.15, 0.2) is 5.78 Å². The van der Waals surface area contributed by atoms with Gasteiger partial charge in [0.2, 0.25) is 0 Å². The fourth-order valence-corrected chi connectivity index (χ4v) is 2.87. The van der Waals surface area contributed by atoms with Crippen LogP contribution in [0.1, 0.15) is 26.3 Å². The van der Waals surface area contributed by atoms with Gasteiger partial charge in [-0.3, -0.25) is 4.79 Å². The van der Waals surface area contributed by atoms with Crippen LogP contribution in [0.4, 0.5) is 0 Å². The van der Waals surface area contributed by atoms with Crippen LogP contribution in [0.3, 0.4) is 0 Å². The van der Waals surface area contributed by atoms with Gasteiger partial charge in [-0.05, 0) is 36.6 Å². The smallest absolute Gasteiger partial charge is 0.169 e. The van der Waals surface area contributed by atoms with Crippen molar-refractivity contribution in [2.45, 2.75) is 6.92 Å². The number of thiophene rings is 2. The lowest BCUT2D eigenvalue weighted by Crippen LogP contribution is -1.83. The van der Waals surface area contributed by atoms with Gasteiger partial charge < -0.3 is 0 Å². The molecule has 0 bridgehead atoms. The maximum Gasteiger partial charge on any atom is 0.169 e. The summed E-state index contributed by atoms with van der Waals surface area (Å²) in [5.74, 6) is 0.0367. The molecular weight excluding hydrogens is 250 g/mol. The van der Waals surface area contributed by atoms with Crippen LogP contribution >= 0.6 is 22.7 Å². The number of ketones is 1. The number of carbonyl (C=O) groups excluding carboxylic acids is 1. The Morgan fingerprint density at radius 2 is 2.12 bits per heavy atom. The van der Waals surface area contributed by atoms with E-state index in [1.165, 1.54) is 18.3 Å². The number of Topliss-reactive ketones (excluding diaryl/α,β-unsaturated/α-hetero) is 1. The summed E-state index contributed by atoms with van der Waals surface area (Å²) in [6, 6.07) is 9.67. The Morgan fingerprint density at radius 3 is 2.65 bits per heavy atom. The van der Waals surface area contributed by atoms with E-state index in [-0.39, 0.29) is 5.78 Å². The highest BCUT2D eigenvalue weighted by atomic mass is 32.1. The molecule has 0 unspecified atom stereocenters. The lowest BCUT2D eigenvalue weighted by atomic mass is 10.2. The van der Waals surface area contributed by atoms with E-state index >= 15 is 0 Å². The van der Waals surface area contributed by atoms with Gasteiger partial charge >= 0.3 is 0 Å². The van der Waals surface area contributed by atoms with Crippen molar-refractivity contribution >= 4 is 40.1 Å². The molecule has 0 radical (unpaired) electrons. The Balaban J connectivity index is 2.36. The van der Waals surface area contributed by atoms with Gasteiger partial charge in [0.25, 0.3) is 0 Å². The van der Waals surface area contributed by atoms with E-state index in [0.717, 1.165) is 9.75 Å². The Kier molecular flexibility index (Phi) is 3.52. The maximum atomic E-state index is 11.2. The van der Waals surface area contributed by atoms with Crippen LogP contribution in [-0.2, 0) is 0 Å². The highest BCUT2D eigenvalue weighted by Crippen LogP contribution is 2.27. The molecule has 0 saturated carbocycles. The minimum Gasteiger partial charge on any atom is -0.294 e. The van der Waals surface area contributed by atoms with Crippen LogP contribution in [0, 0.1) is 11.3 Å². The highest BCUT2D eigenvalue weighted by molar-refractivity contribution is 7.15. The summed E-state index contributed by atoms with van der Waals surface area (Å²) in [6.07, 6.45) is 1.85. The number of nitriles is 1. The zero-order valence-electron chi connectivity index (χ0n) is 9.14. The summed E-state index contributed by atoms with van der Waals surface area (Å²) >= 11 is 2.94. The Bertz CT molecular complexity index is 600. The second-order valence-electron chi connectivity index (χ2n) is 3.41. The summed E-state index contributed by atoms with van der Waals surface area (Å²) in [5.41, 5.74) is 0.602. The molecule has 0 spiro atoms. The fraction of sp³-hybridized carbons (Fsp3) is 0.0769. The third-order valence-corrected chi connectivity index (χ3v) is 4.21. The molecule has 0 atom stereocenters. The molecule has 2 rings (SSSR count). The molecule has 2 aromatic heterocycles. The number of allylic oxidation sites excluding steroid dienone is 1. The second-order valence-corrected chi connectivity index (χ2v) is 5.47. The van der Waals surface area contributed by atoms with E-state index in [1.807, 2.05) is 29.7 Å². The lowest BCUT2D eigenvalue weighted by Gasteiger charge is -1.92. The van der Waals surface area contributed by atoms with E-state index < -0.39 is 0 Å². The standard InChI is InChI=1S/C13H9NOS2/c1-9(15)12-4-5-13(17-12)10(8-14)7-11-3-2-6-16-11/h2-7H,1H3/b10-7+. The number of nitrogens with zero attached hydrogens (tertiary/aromatic N) is 1. The summed E-state index contributed by atoms with van der Waals surface area (Å²) in [7, 11) is 0. The van der Waals surface area contributed by atoms with Crippen LogP contribution in [0.2, 0.25) is 0 Å². The topological polar surface area (TPSA) is 40.9 Å². The molecule has 0 fully saturated rings. The van der Waals surface area contributed by atoms with Crippen LogP contribution < -0.4 is 0 Å². The molecule has 0 aliphatic rings. The fourth-order valence-electron chi connectivity index (χ4n) is 1.35. The zero-order chi connectivity index (χ0) is 12.3. The molecule has 0 amide bonds. The van der Waals surface area contributed by atoms with Crippen molar-refractivity contribution in [1.82, 2.24) is 0 Å². The normalized spacial score (nSPS) is 11.2. The third-order valence-electron chi connectivity index (χ3n) is 2.17. The van der Waals surface area contributed by atoms with Crippen molar-refractivity contribution in [3.05, 3.63) is 44.3 Å². The van der Waals surface area contributed by atoms with Crippen LogP contribution in [0.25, 0.3) is 11.6 Å². The Morgan fingerprint density at radius 1 is 1.35 bits per heavy atom. The van der Waals surface area contributed by atoms with Crippen LogP contribution in [-0.4, -0.2) is 5.78 Å². The molecule has 0 aromatic carbocycles. The van der Waals surface area contributed by atoms with Gasteiger partial charge in [-0.2, -0.15) is 5.26 Å². The van der Waals surface area contributed by atoms with Crippen molar-refractivity contribution < 1.29 is 4.79 Å². The molecule has 17 heavy (non-hydrogen) atoms. The zero-order valence-corrected chi connectivity index (χ0v) is 10.8. The Hall–Kier alpha value is -1.70. The first-order valence-corrected chi connectivity index (χ1v) is 6.67. The Labute approximate surface area is 107 Å². The van der Waals surface area contributed by atoms with Gasteiger partial charge in [-0.25, -0.2) is 0 Å². The van der Waals surface area contributed by atoms with E-state index in [1.54, 1.807) is 17.4 Å². The SMILES string of the molecule is CC(=O)c1ccc(/C(C#N)=C/c2cccs2)s1. The van der Waals surface area contributed by atoms with E-state index in [4.69, 9.17) is 5.26 Å². The van der Waals surface area contributed by atoms with E-state index in [9.17, 15) is 4.79 Å². The molecule has 4 heteroatoms. The molecular formula is C13H9NOS2. The lowest BCUT2D eigenvalue weighted by molar-refractivity contribution is 0.102. The molecule has 2 nitrogen and oxygen atoms in total. The highest BCUT2D eigenvalue weighted by Gasteiger charge is 2.08. The number of rotatable bonds is 3. The predicted octanol–water partition coefficient (Wildman–Crippen LogP) is 4.08. The monoisotopic (exact) mass is 259 g/mol. The van der Waals surface area contributed by atoms with Gasteiger partial charge in [0.1, 0.15) is 6.07 Å². The summed E-state index contributed by atoms with van der Waals surface area (Å²) < 4.78 is 0. The number of carbonyl (C=O) groups is 1. The molecule has 2 aromatic rings. The minimum absolute atomic E-state index is 0.0367. The first-order chi connectivity index (χ1) is 8.20. The van der Waals surface area contributed by atoms with Crippen molar-refractivity contribution in [1.29, 1.82) is 5.26 Å². The third kappa shape index (κ3) is 2.70. The minimum atomic E-state index is 0.0367. The largest absolute Gasteiger partial charge is 0.294 e. The number of hydrogen-bond acceptors (Lipinski definition) is 4. The molecule has 84 valence electrons. The van der Waals surface area contributed by atoms with E-state index in [2.05, 4.69) is 6.07 Å². The van der Waals surface area contributed by atoms with Crippen molar-refractivity contribution in [2.75, 3.05) is 0 Å². The quantitative estimate of drug-likeness (QED) is 0.615. The molecule has 0 aliphatic carbocycles. The molecule has 2 heterocycles. The van der Waals surface area contributed by atoms with Crippen LogP contribution in [0.5, 0.6) is 0 Å². The van der Waals surface area contributed by atoms with Crippen molar-refractivity contribution in [3.8, 4) is 6.07 Å². The first kappa shape index (κ1) is 11.8. The number of hydrogen-bond donors (Lipinski definition) is 0. The van der Waals surface area contributed by atoms with E-state index in [0.29, 0.717) is 10.5 Å². The van der Waals surface area contributed by atoms with Crippen molar-refractivity contribution in [3.63, 3.8) is 0 Å². The second kappa shape index (κ2) is 5.09. The predicted molar refractivity (Wildman–Crippen MR) is 72.1 cm³/mol. The molecule has 0 saturated heterocycles. The first-order valence-electron chi connectivity index (χ1n) is 4.97. The maximum absolute atomic E-state index is 11.2. The summed E-state index contributed by atoms with van der Waals surface area (Å²) in [4.78, 5) is 13.8. The molecule has 0 N–H and O–H groups in total. The average molecular weight is 259 g/mol. The van der Waals surface area contributed by atoms with Gasteiger partial charge in [0.05, 0.1) is 10.5 Å². The molecule has 0 aliphatic heterocycles. The van der Waals surface area contributed by atoms with Gasteiger partial charge in [0, 0.05) is 9.75 Å². The summed E-state index contributed by atoms with van der Waals surface area (Å²) in [6.45, 7) is 1.53. The summed E-state index contributed by atoms with van der Waals surface area (Å²) in [5, 5.41) is 11.1. The van der Waals surface area contributed by atoms with Crippen LogP contribution in [0.15, 0.2) is 29.6 Å². The average Bonchev–Trinajstić information content (AvgIpc) is 2.96. The van der Waals surface area contributed by atoms with Gasteiger partial charge in [-0.1, -0.05) is 6.07 Å². The van der Waals surface area contributed by atoms with Gasteiger partial charge in [-0.15, -0.1) is 22.7 Å². The van der Waals surface area contributed by atoms with Crippen molar-refractivity contribution in [2.24, 2.45) is 0 Å².